The molecule has 0 unspecified atom stereocenters. The van der Waals surface area contributed by atoms with Gasteiger partial charge in [-0.2, -0.15) is 0 Å². The zero-order valence-corrected chi connectivity index (χ0v) is 14.6. The lowest BCUT2D eigenvalue weighted by atomic mass is 10.0. The van der Waals surface area contributed by atoms with Crippen LogP contribution in [0.2, 0.25) is 0 Å². The number of amides is 1. The van der Waals surface area contributed by atoms with Gasteiger partial charge in [-0.3, -0.25) is 4.79 Å². The summed E-state index contributed by atoms with van der Waals surface area (Å²) in [5.41, 5.74) is 1.65. The third-order valence-electron chi connectivity index (χ3n) is 4.21. The second kappa shape index (κ2) is 6.84. The van der Waals surface area contributed by atoms with Crippen molar-refractivity contribution in [3.63, 3.8) is 0 Å². The Morgan fingerprint density at radius 1 is 1.12 bits per heavy atom. The van der Waals surface area contributed by atoms with Crippen molar-refractivity contribution < 1.29 is 22.3 Å². The fraction of sp³-hybridized carbons (Fsp3) is 0.278. The molecule has 2 aromatic carbocycles. The molecule has 3 rings (SSSR count). The maximum absolute atomic E-state index is 13.6. The summed E-state index contributed by atoms with van der Waals surface area (Å²) in [6.07, 6.45) is 0. The largest absolute Gasteiger partial charge is 0.496 e. The van der Waals surface area contributed by atoms with Gasteiger partial charge in [0, 0.05) is 24.2 Å². The highest BCUT2D eigenvalue weighted by Gasteiger charge is 2.25. The summed E-state index contributed by atoms with van der Waals surface area (Å²) in [6.45, 7) is 0.378. The van der Waals surface area contributed by atoms with Crippen molar-refractivity contribution in [1.82, 2.24) is 4.90 Å². The van der Waals surface area contributed by atoms with Gasteiger partial charge in [0.15, 0.2) is 9.84 Å². The topological polar surface area (TPSA) is 63.7 Å². The van der Waals surface area contributed by atoms with Crippen LogP contribution in [-0.4, -0.2) is 50.9 Å². The van der Waals surface area contributed by atoms with Crippen LogP contribution in [0.1, 0.15) is 10.4 Å². The Bertz CT molecular complexity index is 897. The Morgan fingerprint density at radius 2 is 1.84 bits per heavy atom. The first-order valence-electron chi connectivity index (χ1n) is 7.83. The van der Waals surface area contributed by atoms with Crippen LogP contribution in [0, 0.1) is 5.82 Å². The molecule has 1 heterocycles. The average Bonchev–Trinajstić information content (AvgIpc) is 2.61. The number of hydrogen-bond acceptors (Lipinski definition) is 4. The van der Waals surface area contributed by atoms with Crippen LogP contribution in [0.15, 0.2) is 42.5 Å². The van der Waals surface area contributed by atoms with Crippen molar-refractivity contribution in [3.8, 4) is 16.9 Å². The maximum atomic E-state index is 13.6. The fourth-order valence-corrected chi connectivity index (χ4v) is 4.02. The monoisotopic (exact) mass is 363 g/mol. The molecule has 132 valence electrons. The molecule has 2 aromatic rings. The summed E-state index contributed by atoms with van der Waals surface area (Å²) >= 11 is 0. The molecule has 1 aliphatic rings. The van der Waals surface area contributed by atoms with Crippen molar-refractivity contribution in [2.24, 2.45) is 0 Å². The highest BCUT2D eigenvalue weighted by Crippen LogP contribution is 2.31. The molecule has 0 aromatic heterocycles. The van der Waals surface area contributed by atoms with Crippen LogP contribution < -0.4 is 4.74 Å². The number of benzene rings is 2. The van der Waals surface area contributed by atoms with E-state index in [9.17, 15) is 17.6 Å². The number of hydrogen-bond donors (Lipinski definition) is 0. The SMILES string of the molecule is COc1ccc(F)cc1-c1cccc(C(=O)N2CCS(=O)(=O)CC2)c1. The van der Waals surface area contributed by atoms with Gasteiger partial charge in [0.2, 0.25) is 0 Å². The van der Waals surface area contributed by atoms with Crippen molar-refractivity contribution >= 4 is 15.7 Å². The minimum Gasteiger partial charge on any atom is -0.496 e. The Balaban J connectivity index is 1.90. The van der Waals surface area contributed by atoms with Crippen molar-refractivity contribution in [2.45, 2.75) is 0 Å². The number of carbonyl (C=O) groups is 1. The molecule has 1 aliphatic heterocycles. The van der Waals surface area contributed by atoms with Gasteiger partial charge in [0.1, 0.15) is 11.6 Å². The van der Waals surface area contributed by atoms with Gasteiger partial charge >= 0.3 is 0 Å². The molecule has 0 bridgehead atoms. The van der Waals surface area contributed by atoms with Gasteiger partial charge in [-0.25, -0.2) is 12.8 Å². The van der Waals surface area contributed by atoms with E-state index in [-0.39, 0.29) is 30.5 Å². The van der Waals surface area contributed by atoms with Crippen LogP contribution in [-0.2, 0) is 9.84 Å². The van der Waals surface area contributed by atoms with E-state index < -0.39 is 15.7 Å². The van der Waals surface area contributed by atoms with Gasteiger partial charge in [0.25, 0.3) is 5.91 Å². The number of carbonyl (C=O) groups excluding carboxylic acids is 1. The molecule has 0 N–H and O–H groups in total. The summed E-state index contributed by atoms with van der Waals surface area (Å²) in [6, 6.07) is 11.0. The highest BCUT2D eigenvalue weighted by atomic mass is 32.2. The Morgan fingerprint density at radius 3 is 2.52 bits per heavy atom. The summed E-state index contributed by atoms with van der Waals surface area (Å²) in [4.78, 5) is 14.2. The lowest BCUT2D eigenvalue weighted by Crippen LogP contribution is -2.43. The zero-order chi connectivity index (χ0) is 18.0. The summed E-state index contributed by atoms with van der Waals surface area (Å²) in [7, 11) is -1.55. The van der Waals surface area contributed by atoms with E-state index >= 15 is 0 Å². The maximum Gasteiger partial charge on any atom is 0.253 e. The first-order chi connectivity index (χ1) is 11.9. The number of rotatable bonds is 3. The highest BCUT2D eigenvalue weighted by molar-refractivity contribution is 7.91. The van der Waals surface area contributed by atoms with Crippen LogP contribution in [0.4, 0.5) is 4.39 Å². The standard InChI is InChI=1S/C18H18FNO4S/c1-24-17-6-5-15(19)12-16(17)13-3-2-4-14(11-13)18(21)20-7-9-25(22,23)10-8-20/h2-6,11-12H,7-10H2,1H3. The lowest BCUT2D eigenvalue weighted by Gasteiger charge is -2.27. The first kappa shape index (κ1) is 17.4. The van der Waals surface area contributed by atoms with Crippen LogP contribution >= 0.6 is 0 Å². The van der Waals surface area contributed by atoms with Crippen LogP contribution in [0.5, 0.6) is 5.75 Å². The van der Waals surface area contributed by atoms with Gasteiger partial charge in [-0.05, 0) is 35.9 Å². The minimum atomic E-state index is -3.05. The lowest BCUT2D eigenvalue weighted by molar-refractivity contribution is 0.0770. The molecule has 0 radical (unpaired) electrons. The van der Waals surface area contributed by atoms with Gasteiger partial charge < -0.3 is 9.64 Å². The van der Waals surface area contributed by atoms with E-state index in [0.29, 0.717) is 22.4 Å². The van der Waals surface area contributed by atoms with E-state index in [2.05, 4.69) is 0 Å². The first-order valence-corrected chi connectivity index (χ1v) is 9.65. The zero-order valence-electron chi connectivity index (χ0n) is 13.7. The summed E-state index contributed by atoms with van der Waals surface area (Å²) < 4.78 is 41.9. The van der Waals surface area contributed by atoms with E-state index in [4.69, 9.17) is 4.74 Å². The summed E-state index contributed by atoms with van der Waals surface area (Å²) in [5.74, 6) is -0.150. The van der Waals surface area contributed by atoms with E-state index in [1.165, 1.54) is 30.2 Å². The van der Waals surface area contributed by atoms with E-state index in [1.54, 1.807) is 24.3 Å². The molecule has 1 fully saturated rings. The summed E-state index contributed by atoms with van der Waals surface area (Å²) in [5, 5.41) is 0. The molecule has 0 saturated carbocycles. The van der Waals surface area contributed by atoms with Gasteiger partial charge in [-0.1, -0.05) is 12.1 Å². The molecule has 1 saturated heterocycles. The van der Waals surface area contributed by atoms with Crippen LogP contribution in [0.3, 0.4) is 0 Å². The number of ether oxygens (including phenoxy) is 1. The van der Waals surface area contributed by atoms with Crippen molar-refractivity contribution in [1.29, 1.82) is 0 Å². The molecule has 0 atom stereocenters. The van der Waals surface area contributed by atoms with Crippen LogP contribution in [0.25, 0.3) is 11.1 Å². The molecule has 7 heteroatoms. The van der Waals surface area contributed by atoms with Crippen molar-refractivity contribution in [2.75, 3.05) is 31.7 Å². The number of methoxy groups -OCH3 is 1. The predicted molar refractivity (Wildman–Crippen MR) is 92.9 cm³/mol. The van der Waals surface area contributed by atoms with Crippen molar-refractivity contribution in [3.05, 3.63) is 53.8 Å². The smallest absolute Gasteiger partial charge is 0.253 e. The molecular weight excluding hydrogens is 345 g/mol. The number of nitrogens with zero attached hydrogens (tertiary/aromatic N) is 1. The molecule has 5 nitrogen and oxygen atoms in total. The molecule has 0 spiro atoms. The van der Waals surface area contributed by atoms with Gasteiger partial charge in [0.05, 0.1) is 18.6 Å². The Labute approximate surface area is 145 Å². The number of halogens is 1. The predicted octanol–water partition coefficient (Wildman–Crippen LogP) is 2.37. The molecule has 0 aliphatic carbocycles. The Kier molecular flexibility index (Phi) is 4.76. The van der Waals surface area contributed by atoms with E-state index in [1.807, 2.05) is 0 Å². The second-order valence-corrected chi connectivity index (χ2v) is 8.17. The van der Waals surface area contributed by atoms with Gasteiger partial charge in [-0.15, -0.1) is 0 Å². The minimum absolute atomic E-state index is 0.0177. The molecule has 1 amide bonds. The van der Waals surface area contributed by atoms with E-state index in [0.717, 1.165) is 0 Å². The average molecular weight is 363 g/mol. The molecule has 25 heavy (non-hydrogen) atoms. The quantitative estimate of drug-likeness (QED) is 0.840. The fourth-order valence-electron chi connectivity index (χ4n) is 2.82. The third-order valence-corrected chi connectivity index (χ3v) is 5.82. The number of sulfone groups is 1. The second-order valence-electron chi connectivity index (χ2n) is 5.87. The molecular formula is C18H18FNO4S. The normalized spacial score (nSPS) is 16.5. The third kappa shape index (κ3) is 3.82. The Hall–Kier alpha value is -2.41.